The van der Waals surface area contributed by atoms with Gasteiger partial charge in [0.05, 0.1) is 6.54 Å². The molecule has 0 amide bonds. The van der Waals surface area contributed by atoms with Crippen molar-refractivity contribution in [2.45, 2.75) is 25.8 Å². The van der Waals surface area contributed by atoms with Crippen molar-refractivity contribution in [2.24, 2.45) is 0 Å². The molecule has 0 unspecified atom stereocenters. The molecule has 0 atom stereocenters. The van der Waals surface area contributed by atoms with Crippen LogP contribution in [0.1, 0.15) is 25.1 Å². The van der Waals surface area contributed by atoms with Crippen LogP contribution in [0.15, 0.2) is 4.52 Å². The minimum absolute atomic E-state index is 0.298. The van der Waals surface area contributed by atoms with E-state index in [4.69, 9.17) is 16.7 Å². The van der Waals surface area contributed by atoms with Gasteiger partial charge in [-0.15, -0.1) is 0 Å². The fourth-order valence-corrected chi connectivity index (χ4v) is 1.81. The van der Waals surface area contributed by atoms with E-state index in [1.807, 2.05) is 0 Å². The fraction of sp³-hybridized carbons (Fsp3) is 0.750. The van der Waals surface area contributed by atoms with Crippen molar-refractivity contribution in [3.8, 4) is 0 Å². The SMILES string of the molecule is S=c1nc(CN2CCCCC2)[nH]o1. The van der Waals surface area contributed by atoms with E-state index < -0.39 is 0 Å². The van der Waals surface area contributed by atoms with Crippen LogP contribution in [0.25, 0.3) is 0 Å². The highest BCUT2D eigenvalue weighted by molar-refractivity contribution is 7.71. The highest BCUT2D eigenvalue weighted by Gasteiger charge is 2.11. The fourth-order valence-electron chi connectivity index (χ4n) is 1.66. The van der Waals surface area contributed by atoms with Crippen LogP contribution < -0.4 is 0 Å². The number of likely N-dealkylation sites (tertiary alicyclic amines) is 1. The van der Waals surface area contributed by atoms with E-state index in [-0.39, 0.29) is 0 Å². The minimum Gasteiger partial charge on any atom is -0.348 e. The molecular formula is C8H13N3OS. The van der Waals surface area contributed by atoms with Crippen molar-refractivity contribution >= 4 is 12.2 Å². The predicted molar refractivity (Wildman–Crippen MR) is 50.8 cm³/mol. The molecule has 1 aliphatic heterocycles. The van der Waals surface area contributed by atoms with Crippen molar-refractivity contribution in [3.63, 3.8) is 0 Å². The quantitative estimate of drug-likeness (QED) is 0.737. The maximum Gasteiger partial charge on any atom is 0.314 e. The first-order valence-electron chi connectivity index (χ1n) is 4.61. The van der Waals surface area contributed by atoms with Gasteiger partial charge in [-0.25, -0.2) is 5.16 Å². The normalized spacial score (nSPS) is 19.1. The van der Waals surface area contributed by atoms with Crippen LogP contribution in [0.5, 0.6) is 0 Å². The Labute approximate surface area is 81.9 Å². The van der Waals surface area contributed by atoms with Gasteiger partial charge in [0.1, 0.15) is 0 Å². The smallest absolute Gasteiger partial charge is 0.314 e. The van der Waals surface area contributed by atoms with Crippen molar-refractivity contribution in [2.75, 3.05) is 13.1 Å². The molecule has 0 saturated carbocycles. The Morgan fingerprint density at radius 1 is 1.38 bits per heavy atom. The van der Waals surface area contributed by atoms with Crippen LogP contribution in [0.2, 0.25) is 0 Å². The molecule has 0 spiro atoms. The Kier molecular flexibility index (Phi) is 2.75. The molecule has 2 rings (SSSR count). The first-order chi connectivity index (χ1) is 6.34. The molecule has 13 heavy (non-hydrogen) atoms. The molecule has 0 bridgehead atoms. The number of hydrogen-bond acceptors (Lipinski definition) is 4. The van der Waals surface area contributed by atoms with Gasteiger partial charge < -0.3 is 4.52 Å². The lowest BCUT2D eigenvalue weighted by molar-refractivity contribution is 0.213. The van der Waals surface area contributed by atoms with Crippen LogP contribution in [-0.4, -0.2) is 28.1 Å². The summed E-state index contributed by atoms with van der Waals surface area (Å²) in [6.07, 6.45) is 3.93. The Bertz CT molecular complexity index is 313. The van der Waals surface area contributed by atoms with Crippen molar-refractivity contribution in [1.82, 2.24) is 15.0 Å². The van der Waals surface area contributed by atoms with E-state index in [1.54, 1.807) is 0 Å². The largest absolute Gasteiger partial charge is 0.348 e. The molecule has 2 heterocycles. The van der Waals surface area contributed by atoms with Gasteiger partial charge in [0.15, 0.2) is 5.82 Å². The predicted octanol–water partition coefficient (Wildman–Crippen LogP) is 1.72. The molecule has 1 aromatic rings. The summed E-state index contributed by atoms with van der Waals surface area (Å²) >= 11 is 4.77. The molecule has 0 aliphatic carbocycles. The van der Waals surface area contributed by atoms with E-state index in [0.717, 1.165) is 25.5 Å². The maximum atomic E-state index is 4.86. The van der Waals surface area contributed by atoms with E-state index in [9.17, 15) is 0 Å². The van der Waals surface area contributed by atoms with Gasteiger partial charge in [0.2, 0.25) is 0 Å². The van der Waals surface area contributed by atoms with Crippen molar-refractivity contribution in [1.29, 1.82) is 0 Å². The Balaban J connectivity index is 1.93. The van der Waals surface area contributed by atoms with Crippen molar-refractivity contribution in [3.05, 3.63) is 10.7 Å². The van der Waals surface area contributed by atoms with Crippen LogP contribution >= 0.6 is 12.2 Å². The molecule has 1 saturated heterocycles. The van der Waals surface area contributed by atoms with Gasteiger partial charge in [-0.2, -0.15) is 4.98 Å². The molecule has 0 radical (unpaired) electrons. The average Bonchev–Trinajstić information content (AvgIpc) is 2.53. The number of hydrogen-bond donors (Lipinski definition) is 1. The van der Waals surface area contributed by atoms with Gasteiger partial charge in [-0.05, 0) is 38.1 Å². The second kappa shape index (κ2) is 4.02. The highest BCUT2D eigenvalue weighted by atomic mass is 32.1. The number of aromatic nitrogens is 2. The second-order valence-corrected chi connectivity index (χ2v) is 3.71. The molecule has 1 aromatic heterocycles. The number of aromatic amines is 1. The van der Waals surface area contributed by atoms with Gasteiger partial charge >= 0.3 is 4.84 Å². The van der Waals surface area contributed by atoms with Crippen LogP contribution in [-0.2, 0) is 6.54 Å². The van der Waals surface area contributed by atoms with E-state index >= 15 is 0 Å². The zero-order valence-electron chi connectivity index (χ0n) is 7.45. The maximum absolute atomic E-state index is 4.86. The lowest BCUT2D eigenvalue weighted by atomic mass is 10.1. The number of H-pyrrole nitrogens is 1. The van der Waals surface area contributed by atoms with Gasteiger partial charge in [0, 0.05) is 0 Å². The zero-order chi connectivity index (χ0) is 9.10. The third-order valence-corrected chi connectivity index (χ3v) is 2.48. The van der Waals surface area contributed by atoms with Crippen LogP contribution in [0.3, 0.4) is 0 Å². The number of nitrogens with zero attached hydrogens (tertiary/aromatic N) is 2. The Morgan fingerprint density at radius 2 is 2.15 bits per heavy atom. The van der Waals surface area contributed by atoms with Gasteiger partial charge in [0.25, 0.3) is 0 Å². The summed E-state index contributed by atoms with van der Waals surface area (Å²) < 4.78 is 4.86. The topological polar surface area (TPSA) is 45.1 Å². The summed E-state index contributed by atoms with van der Waals surface area (Å²) in [6, 6.07) is 0. The number of rotatable bonds is 2. The Hall–Kier alpha value is -0.680. The summed E-state index contributed by atoms with van der Waals surface area (Å²) in [6.45, 7) is 3.15. The summed E-state index contributed by atoms with van der Waals surface area (Å²) in [5, 5.41) is 2.72. The molecule has 1 N–H and O–H groups in total. The average molecular weight is 199 g/mol. The number of nitrogens with one attached hydrogen (secondary N) is 1. The first kappa shape index (κ1) is 8.90. The van der Waals surface area contributed by atoms with E-state index in [1.165, 1.54) is 19.3 Å². The van der Waals surface area contributed by atoms with E-state index in [0.29, 0.717) is 4.84 Å². The standard InChI is InChI=1S/C8H13N3OS/c13-8-9-7(10-12-8)6-11-4-2-1-3-5-11/h1-6H2,(H,9,10,13). The summed E-state index contributed by atoms with van der Waals surface area (Å²) in [5.41, 5.74) is 0. The molecule has 1 aliphatic rings. The summed E-state index contributed by atoms with van der Waals surface area (Å²) in [7, 11) is 0. The monoisotopic (exact) mass is 199 g/mol. The molecular weight excluding hydrogens is 186 g/mol. The van der Waals surface area contributed by atoms with Crippen LogP contribution in [0.4, 0.5) is 0 Å². The second-order valence-electron chi connectivity index (χ2n) is 3.37. The van der Waals surface area contributed by atoms with Crippen molar-refractivity contribution < 1.29 is 4.52 Å². The molecule has 1 fully saturated rings. The summed E-state index contributed by atoms with van der Waals surface area (Å²) in [5.74, 6) is 0.840. The zero-order valence-corrected chi connectivity index (χ0v) is 8.27. The van der Waals surface area contributed by atoms with Crippen LogP contribution in [0, 0.1) is 4.84 Å². The number of piperidine rings is 1. The molecule has 4 nitrogen and oxygen atoms in total. The minimum atomic E-state index is 0.298. The van der Waals surface area contributed by atoms with E-state index in [2.05, 4.69) is 15.0 Å². The summed E-state index contributed by atoms with van der Waals surface area (Å²) in [4.78, 5) is 6.72. The lowest BCUT2D eigenvalue weighted by Crippen LogP contribution is -2.29. The van der Waals surface area contributed by atoms with Gasteiger partial charge in [-0.1, -0.05) is 6.42 Å². The van der Waals surface area contributed by atoms with Gasteiger partial charge in [-0.3, -0.25) is 4.90 Å². The third kappa shape index (κ3) is 2.38. The lowest BCUT2D eigenvalue weighted by Gasteiger charge is -2.24. The molecule has 0 aromatic carbocycles. The highest BCUT2D eigenvalue weighted by Crippen LogP contribution is 2.10. The third-order valence-electron chi connectivity index (χ3n) is 2.30. The first-order valence-corrected chi connectivity index (χ1v) is 5.02. The molecule has 5 heteroatoms. The Morgan fingerprint density at radius 3 is 2.77 bits per heavy atom. The molecule has 72 valence electrons.